The Labute approximate surface area is 254 Å². The van der Waals surface area contributed by atoms with Crippen molar-refractivity contribution in [2.75, 3.05) is 19.8 Å². The van der Waals surface area contributed by atoms with Gasteiger partial charge in [-0.2, -0.15) is 8.62 Å². The highest BCUT2D eigenvalue weighted by Gasteiger charge is 2.48. The Bertz CT molecular complexity index is 1350. The van der Waals surface area contributed by atoms with Crippen molar-refractivity contribution in [2.45, 2.75) is 69.4 Å². The largest absolute Gasteiger partial charge is 0.508 e. The summed E-state index contributed by atoms with van der Waals surface area (Å²) in [5.74, 6) is 2.14. The molecule has 0 aliphatic carbocycles. The second kappa shape index (κ2) is 16.7. The summed E-state index contributed by atoms with van der Waals surface area (Å²) in [7, 11) is -28.0. The summed E-state index contributed by atoms with van der Waals surface area (Å²) in [6.07, 6.45) is -2.22. The van der Waals surface area contributed by atoms with Crippen LogP contribution in [-0.2, 0) is 68.4 Å². The number of ether oxygens (including phenoxy) is 2. The molecular formula is C16H30N3O21P5. The Hall–Kier alpha value is -0.620. The van der Waals surface area contributed by atoms with Gasteiger partial charge in [0.15, 0.2) is 0 Å². The lowest BCUT2D eigenvalue weighted by atomic mass is 10.1. The van der Waals surface area contributed by atoms with E-state index in [-0.39, 0.29) is 12.8 Å². The van der Waals surface area contributed by atoms with E-state index in [2.05, 4.69) is 47.5 Å². The highest BCUT2D eigenvalue weighted by molar-refractivity contribution is 7.66. The van der Waals surface area contributed by atoms with Crippen molar-refractivity contribution in [1.29, 1.82) is 0 Å². The summed E-state index contributed by atoms with van der Waals surface area (Å²) < 4.78 is 104. The molecule has 29 heteroatoms. The topological polar surface area (TPSA) is 348 Å². The Balaban J connectivity index is 1.91. The molecule has 0 radical (unpaired) electrons. The van der Waals surface area contributed by atoms with Crippen molar-refractivity contribution in [1.82, 2.24) is 0 Å². The molecule has 7 unspecified atom stereocenters. The van der Waals surface area contributed by atoms with Gasteiger partial charge in [0.1, 0.15) is 18.3 Å². The zero-order valence-electron chi connectivity index (χ0n) is 23.0. The number of azide groups is 1. The smallest absolute Gasteiger partial charge is 0.388 e. The molecule has 2 aliphatic heterocycles. The minimum Gasteiger partial charge on any atom is -0.388 e. The molecule has 6 N–H and O–H groups in total. The lowest BCUT2D eigenvalue weighted by molar-refractivity contribution is -0.149. The van der Waals surface area contributed by atoms with E-state index in [4.69, 9.17) is 26.0 Å². The van der Waals surface area contributed by atoms with Crippen LogP contribution in [0.1, 0.15) is 26.7 Å². The quantitative estimate of drug-likeness (QED) is 0.0160. The van der Waals surface area contributed by atoms with Crippen LogP contribution in [0, 0.1) is 12.3 Å². The molecule has 260 valence electrons. The minimum absolute atomic E-state index is 0.0647. The van der Waals surface area contributed by atoms with Gasteiger partial charge in [-0.15, -0.1) is 21.7 Å². The summed E-state index contributed by atoms with van der Waals surface area (Å²) in [4.78, 5) is 51.1. The van der Waals surface area contributed by atoms with Crippen molar-refractivity contribution in [3.05, 3.63) is 10.4 Å². The average Bonchev–Trinajstić information content (AvgIpc) is 3.37. The van der Waals surface area contributed by atoms with Crippen LogP contribution in [0.25, 0.3) is 10.4 Å². The number of aliphatic hydroxyl groups excluding tert-OH is 1. The Morgan fingerprint density at radius 1 is 0.867 bits per heavy atom. The number of phosphoric ester groups is 3. The third kappa shape index (κ3) is 14.2. The Morgan fingerprint density at radius 2 is 1.44 bits per heavy atom. The predicted molar refractivity (Wildman–Crippen MR) is 142 cm³/mol. The number of hydrogen-bond donors (Lipinski definition) is 6. The molecular weight excluding hydrogens is 725 g/mol. The average molecular weight is 755 g/mol. The molecule has 0 bridgehead atoms. The van der Waals surface area contributed by atoms with Gasteiger partial charge in [-0.05, 0) is 25.8 Å². The van der Waals surface area contributed by atoms with E-state index in [9.17, 15) is 52.4 Å². The molecule has 0 aromatic heterocycles. The molecule has 2 saturated heterocycles. The maximum atomic E-state index is 12.1. The van der Waals surface area contributed by atoms with Gasteiger partial charge in [0.25, 0.3) is 0 Å². The van der Waals surface area contributed by atoms with E-state index in [1.807, 2.05) is 0 Å². The van der Waals surface area contributed by atoms with E-state index in [1.54, 1.807) is 6.92 Å². The number of aliphatic hydroxyl groups is 1. The maximum absolute atomic E-state index is 12.1. The van der Waals surface area contributed by atoms with Gasteiger partial charge in [0.05, 0.1) is 44.2 Å². The van der Waals surface area contributed by atoms with E-state index >= 15 is 0 Å². The van der Waals surface area contributed by atoms with Crippen molar-refractivity contribution in [2.24, 2.45) is 5.11 Å². The number of phosphoric acid groups is 5. The molecule has 2 heterocycles. The monoisotopic (exact) mass is 755 g/mol. The number of rotatable bonds is 19. The van der Waals surface area contributed by atoms with Crippen molar-refractivity contribution < 1.29 is 97.9 Å². The fourth-order valence-electron chi connectivity index (χ4n) is 3.62. The van der Waals surface area contributed by atoms with Gasteiger partial charge >= 0.3 is 39.1 Å². The molecule has 12 atom stereocenters. The fraction of sp³-hybridized carbons (Fsp3) is 0.875. The molecule has 2 rings (SSSR count). The van der Waals surface area contributed by atoms with Gasteiger partial charge in [-0.25, -0.2) is 22.8 Å². The summed E-state index contributed by atoms with van der Waals surface area (Å²) in [5.41, 5.74) is 8.58. The summed E-state index contributed by atoms with van der Waals surface area (Å²) in [6.45, 7) is 0.643. The highest BCUT2D eigenvalue weighted by Crippen LogP contribution is 2.68. The zero-order chi connectivity index (χ0) is 34.3. The first-order valence-electron chi connectivity index (χ1n) is 12.1. The van der Waals surface area contributed by atoms with E-state index < -0.39 is 102 Å². The molecule has 0 spiro atoms. The first-order valence-corrected chi connectivity index (χ1v) is 19.6. The summed E-state index contributed by atoms with van der Waals surface area (Å²) in [5, 5.41) is 13.6. The van der Waals surface area contributed by atoms with Crippen LogP contribution < -0.4 is 0 Å². The van der Waals surface area contributed by atoms with Gasteiger partial charge in [-0.3, -0.25) is 18.1 Å². The minimum atomic E-state index is -6.03. The zero-order valence-corrected chi connectivity index (χ0v) is 27.5. The number of terminal acetylenes is 1. The molecule has 0 saturated carbocycles. The van der Waals surface area contributed by atoms with Gasteiger partial charge in [-0.1, -0.05) is 5.11 Å². The molecule has 2 aliphatic rings. The summed E-state index contributed by atoms with van der Waals surface area (Å²) in [6, 6.07) is -0.830. The van der Waals surface area contributed by atoms with Crippen LogP contribution in [0.3, 0.4) is 0 Å². The van der Waals surface area contributed by atoms with Crippen LogP contribution in [0.2, 0.25) is 0 Å². The first kappa shape index (κ1) is 40.6. The van der Waals surface area contributed by atoms with Crippen LogP contribution >= 0.6 is 39.1 Å². The molecule has 0 aromatic carbocycles. The lowest BCUT2D eigenvalue weighted by Crippen LogP contribution is -2.36. The van der Waals surface area contributed by atoms with Gasteiger partial charge in [0.2, 0.25) is 0 Å². The molecule has 2 fully saturated rings. The normalized spacial score (nSPS) is 33.4. The van der Waals surface area contributed by atoms with E-state index in [0.29, 0.717) is 0 Å². The standard InChI is InChI=1S/C16H30N3O21P5/c1-4-5-6-31-41(21,22)36-16-14(35-11(3)15(16)20)9-32-42(23,24)37-38-44(27,28)40-45(29,30)39-43(25,26)33-8-13-12(18-19-17)7-10(2)34-13/h1,10-16,20H,5-9H2,2-3H3,(H,21,22)(H,23,24)(H,25,26)(H,27,28)(H,29,30)/t10-,11-,12?,13+,14+,15?,16-/m0/s1. The van der Waals surface area contributed by atoms with E-state index in [0.717, 1.165) is 0 Å². The second-order valence-corrected chi connectivity index (χ2v) is 16.2. The van der Waals surface area contributed by atoms with Gasteiger partial charge in [0, 0.05) is 11.3 Å². The molecule has 0 amide bonds. The second-order valence-electron chi connectivity index (χ2n) is 8.97. The SMILES string of the molecule is C#CCCOP(=O)(O)O[C@@H]1C(O)[C@H](C)O[C@@H]1COP(=O)(O)OOP(=O)(O)OP(=O)(O)OP(=O)(O)OC[C@H]1O[C@@H](C)CC1N=[N+]=[N-]. The molecule has 24 nitrogen and oxygen atoms in total. The fourth-order valence-corrected chi connectivity index (χ4v) is 8.73. The van der Waals surface area contributed by atoms with Crippen LogP contribution in [0.15, 0.2) is 5.11 Å². The van der Waals surface area contributed by atoms with Gasteiger partial charge < -0.3 is 39.0 Å². The Morgan fingerprint density at radius 3 is 2.07 bits per heavy atom. The lowest BCUT2D eigenvalue weighted by Gasteiger charge is -2.23. The third-order valence-electron chi connectivity index (χ3n) is 5.38. The van der Waals surface area contributed by atoms with Crippen molar-refractivity contribution in [3.8, 4) is 12.3 Å². The molecule has 45 heavy (non-hydrogen) atoms. The molecule has 0 aromatic rings. The van der Waals surface area contributed by atoms with Crippen LogP contribution in [0.5, 0.6) is 0 Å². The summed E-state index contributed by atoms with van der Waals surface area (Å²) >= 11 is 0. The maximum Gasteiger partial charge on any atom is 0.508 e. The first-order chi connectivity index (χ1) is 20.6. The highest BCUT2D eigenvalue weighted by atomic mass is 31.3. The van der Waals surface area contributed by atoms with Crippen molar-refractivity contribution in [3.63, 3.8) is 0 Å². The number of nitrogens with zero attached hydrogens (tertiary/aromatic N) is 3. The Kier molecular flexibility index (Phi) is 15.0. The van der Waals surface area contributed by atoms with Crippen molar-refractivity contribution >= 4 is 39.1 Å². The third-order valence-corrected chi connectivity index (χ3v) is 11.3. The van der Waals surface area contributed by atoms with E-state index in [1.165, 1.54) is 6.92 Å². The number of hydrogen-bond acceptors (Lipinski definition) is 17. The van der Waals surface area contributed by atoms with Crippen LogP contribution in [0.4, 0.5) is 0 Å². The van der Waals surface area contributed by atoms with Crippen LogP contribution in [-0.4, -0.2) is 92.1 Å². The predicted octanol–water partition coefficient (Wildman–Crippen LogP) is 1.93.